The van der Waals surface area contributed by atoms with Crippen LogP contribution in [0.4, 0.5) is 0 Å². The Morgan fingerprint density at radius 2 is 2.12 bits per heavy atom. The number of hydrogen-bond donors (Lipinski definition) is 0. The zero-order chi connectivity index (χ0) is 18.9. The van der Waals surface area contributed by atoms with Crippen LogP contribution in [-0.2, 0) is 14.6 Å². The molecule has 26 heavy (non-hydrogen) atoms. The highest BCUT2D eigenvalue weighted by Gasteiger charge is 2.22. The van der Waals surface area contributed by atoms with Crippen LogP contribution in [-0.4, -0.2) is 42.8 Å². The number of ether oxygens (including phenoxy) is 1. The first kappa shape index (κ1) is 18.9. The SMILES string of the molecule is CCOc1c(S(C)(=O)=O)cnc2ccc(C=C3SC(SC)=NC3=O)cc12. The van der Waals surface area contributed by atoms with Crippen molar-refractivity contribution in [2.75, 3.05) is 19.1 Å². The van der Waals surface area contributed by atoms with Gasteiger partial charge in [0.15, 0.2) is 9.84 Å². The van der Waals surface area contributed by atoms with E-state index in [9.17, 15) is 13.2 Å². The molecular weight excluding hydrogens is 392 g/mol. The Kier molecular flexibility index (Phi) is 5.40. The molecule has 0 radical (unpaired) electrons. The molecule has 1 aromatic heterocycles. The van der Waals surface area contributed by atoms with Crippen molar-refractivity contribution >= 4 is 60.6 Å². The number of pyridine rings is 1. The van der Waals surface area contributed by atoms with E-state index >= 15 is 0 Å². The first-order valence-corrected chi connectivity index (χ1v) is 11.6. The maximum atomic E-state index is 12.1. The van der Waals surface area contributed by atoms with Crippen LogP contribution in [0.1, 0.15) is 12.5 Å². The highest BCUT2D eigenvalue weighted by molar-refractivity contribution is 8.40. The number of carbonyl (C=O) groups excluding carboxylic acids is 1. The van der Waals surface area contributed by atoms with Gasteiger partial charge in [0.2, 0.25) is 0 Å². The first-order valence-electron chi connectivity index (χ1n) is 7.65. The number of benzene rings is 1. The van der Waals surface area contributed by atoms with Gasteiger partial charge in [-0.05, 0) is 37.0 Å². The van der Waals surface area contributed by atoms with E-state index in [1.165, 1.54) is 29.7 Å². The van der Waals surface area contributed by atoms with E-state index in [0.717, 1.165) is 11.8 Å². The van der Waals surface area contributed by atoms with Crippen LogP contribution in [0.5, 0.6) is 5.75 Å². The van der Waals surface area contributed by atoms with Crippen molar-refractivity contribution < 1.29 is 17.9 Å². The van der Waals surface area contributed by atoms with Gasteiger partial charge in [-0.2, -0.15) is 4.99 Å². The van der Waals surface area contributed by atoms with E-state index in [0.29, 0.717) is 26.8 Å². The van der Waals surface area contributed by atoms with Crippen molar-refractivity contribution in [3.05, 3.63) is 34.9 Å². The summed E-state index contributed by atoms with van der Waals surface area (Å²) in [6.45, 7) is 2.12. The summed E-state index contributed by atoms with van der Waals surface area (Å²) < 4.78 is 30.4. The number of carbonyl (C=O) groups is 1. The summed E-state index contributed by atoms with van der Waals surface area (Å²) in [5.41, 5.74) is 1.37. The van der Waals surface area contributed by atoms with Gasteiger partial charge in [-0.15, -0.1) is 11.8 Å². The summed E-state index contributed by atoms with van der Waals surface area (Å²) in [4.78, 5) is 20.7. The Hall–Kier alpha value is -1.84. The minimum atomic E-state index is -3.48. The molecule has 0 fully saturated rings. The minimum absolute atomic E-state index is 0.0518. The molecule has 6 nitrogen and oxygen atoms in total. The number of aromatic nitrogens is 1. The predicted molar refractivity (Wildman–Crippen MR) is 108 cm³/mol. The lowest BCUT2D eigenvalue weighted by Crippen LogP contribution is -2.04. The number of sulfone groups is 1. The van der Waals surface area contributed by atoms with Crippen molar-refractivity contribution in [2.45, 2.75) is 11.8 Å². The smallest absolute Gasteiger partial charge is 0.285 e. The van der Waals surface area contributed by atoms with Gasteiger partial charge < -0.3 is 4.74 Å². The van der Waals surface area contributed by atoms with E-state index in [4.69, 9.17) is 4.74 Å². The van der Waals surface area contributed by atoms with Crippen molar-refractivity contribution in [3.8, 4) is 5.75 Å². The van der Waals surface area contributed by atoms with Crippen LogP contribution in [0, 0.1) is 0 Å². The van der Waals surface area contributed by atoms with Crippen molar-refractivity contribution in [3.63, 3.8) is 0 Å². The molecule has 3 rings (SSSR count). The first-order chi connectivity index (χ1) is 12.3. The summed E-state index contributed by atoms with van der Waals surface area (Å²) in [5.74, 6) is 0.0131. The number of nitrogens with zero attached hydrogens (tertiary/aromatic N) is 2. The molecule has 0 N–H and O–H groups in total. The Labute approximate surface area is 160 Å². The molecule has 0 saturated carbocycles. The molecule has 0 unspecified atom stereocenters. The highest BCUT2D eigenvalue weighted by Crippen LogP contribution is 2.35. The lowest BCUT2D eigenvalue weighted by atomic mass is 10.1. The maximum absolute atomic E-state index is 12.1. The Morgan fingerprint density at radius 3 is 2.73 bits per heavy atom. The highest BCUT2D eigenvalue weighted by atomic mass is 32.2. The van der Waals surface area contributed by atoms with E-state index in [1.54, 1.807) is 25.1 Å². The summed E-state index contributed by atoms with van der Waals surface area (Å²) in [5, 5.41) is 0.588. The van der Waals surface area contributed by atoms with E-state index in [2.05, 4.69) is 9.98 Å². The number of aliphatic imine (C=N–C) groups is 1. The Bertz CT molecular complexity index is 1060. The van der Waals surface area contributed by atoms with E-state index in [-0.39, 0.29) is 16.6 Å². The molecule has 1 aliphatic rings. The summed E-state index contributed by atoms with van der Waals surface area (Å²) in [6.07, 6.45) is 6.04. The van der Waals surface area contributed by atoms with Crippen molar-refractivity contribution in [1.29, 1.82) is 0 Å². The number of amides is 1. The Balaban J connectivity index is 2.13. The summed E-state index contributed by atoms with van der Waals surface area (Å²) >= 11 is 2.74. The van der Waals surface area contributed by atoms with Gasteiger partial charge in [0.25, 0.3) is 5.91 Å². The molecule has 1 aliphatic heterocycles. The molecule has 136 valence electrons. The molecule has 0 spiro atoms. The van der Waals surface area contributed by atoms with E-state index in [1.807, 2.05) is 12.3 Å². The zero-order valence-corrected chi connectivity index (χ0v) is 16.8. The van der Waals surface area contributed by atoms with Crippen LogP contribution >= 0.6 is 23.5 Å². The van der Waals surface area contributed by atoms with Gasteiger partial charge in [0.05, 0.1) is 23.2 Å². The second kappa shape index (κ2) is 7.42. The maximum Gasteiger partial charge on any atom is 0.285 e. The van der Waals surface area contributed by atoms with Crippen LogP contribution in [0.15, 0.2) is 39.2 Å². The lowest BCUT2D eigenvalue weighted by Gasteiger charge is -2.12. The minimum Gasteiger partial charge on any atom is -0.492 e. The molecule has 2 aromatic rings. The van der Waals surface area contributed by atoms with Crippen molar-refractivity contribution in [1.82, 2.24) is 4.98 Å². The molecular formula is C17H16N2O4S3. The number of rotatable bonds is 4. The van der Waals surface area contributed by atoms with Gasteiger partial charge in [0.1, 0.15) is 15.0 Å². The van der Waals surface area contributed by atoms with E-state index < -0.39 is 9.84 Å². The second-order valence-corrected chi connectivity index (χ2v) is 9.50. The largest absolute Gasteiger partial charge is 0.492 e. The molecule has 1 aromatic carbocycles. The topological polar surface area (TPSA) is 85.7 Å². The fourth-order valence-corrected chi connectivity index (χ4v) is 4.61. The number of thioether (sulfide) groups is 2. The molecule has 0 aliphatic carbocycles. The predicted octanol–water partition coefficient (Wildman–Crippen LogP) is 3.37. The normalized spacial score (nSPS) is 16.3. The van der Waals surface area contributed by atoms with Crippen molar-refractivity contribution in [2.24, 2.45) is 4.99 Å². The summed E-state index contributed by atoms with van der Waals surface area (Å²) in [7, 11) is -3.48. The lowest BCUT2D eigenvalue weighted by molar-refractivity contribution is -0.113. The molecule has 0 atom stereocenters. The quantitative estimate of drug-likeness (QED) is 0.717. The third kappa shape index (κ3) is 3.79. The molecule has 2 heterocycles. The molecule has 0 saturated heterocycles. The summed E-state index contributed by atoms with van der Waals surface area (Å²) in [6, 6.07) is 5.37. The fraction of sp³-hybridized carbons (Fsp3) is 0.235. The van der Waals surface area contributed by atoms with Gasteiger partial charge in [-0.1, -0.05) is 17.8 Å². The average molecular weight is 409 g/mol. The average Bonchev–Trinajstić information content (AvgIpc) is 2.94. The van der Waals surface area contributed by atoms with Gasteiger partial charge in [-0.25, -0.2) is 8.42 Å². The Morgan fingerprint density at radius 1 is 1.35 bits per heavy atom. The van der Waals surface area contributed by atoms with Crippen LogP contribution in [0.2, 0.25) is 0 Å². The van der Waals surface area contributed by atoms with Gasteiger partial charge in [-0.3, -0.25) is 9.78 Å². The van der Waals surface area contributed by atoms with Crippen LogP contribution in [0.25, 0.3) is 17.0 Å². The molecule has 1 amide bonds. The third-order valence-electron chi connectivity index (χ3n) is 3.57. The third-order valence-corrected chi connectivity index (χ3v) is 6.63. The molecule has 9 heteroatoms. The fourth-order valence-electron chi connectivity index (χ4n) is 2.44. The number of fused-ring (bicyclic) bond motifs is 1. The number of hydrogen-bond acceptors (Lipinski definition) is 7. The van der Waals surface area contributed by atoms with Gasteiger partial charge >= 0.3 is 0 Å². The van der Waals surface area contributed by atoms with Crippen LogP contribution < -0.4 is 4.74 Å². The van der Waals surface area contributed by atoms with Crippen LogP contribution in [0.3, 0.4) is 0 Å². The zero-order valence-electron chi connectivity index (χ0n) is 14.3. The molecule has 0 bridgehead atoms. The van der Waals surface area contributed by atoms with Gasteiger partial charge in [0, 0.05) is 11.6 Å². The standard InChI is InChI=1S/C17H16N2O4S3/c1-4-23-15-11-7-10(8-13-16(20)19-17(24-2)25-13)5-6-12(11)18-9-14(15)26(3,21)22/h5-9H,4H2,1-3H3. The monoisotopic (exact) mass is 408 g/mol. The second-order valence-electron chi connectivity index (χ2n) is 5.43.